The first-order valence-corrected chi connectivity index (χ1v) is 8.09. The maximum Gasteiger partial charge on any atom is 0.316 e. The van der Waals surface area contributed by atoms with Gasteiger partial charge in [0.2, 0.25) is 0 Å². The van der Waals surface area contributed by atoms with E-state index in [0.29, 0.717) is 31.9 Å². The van der Waals surface area contributed by atoms with Crippen molar-refractivity contribution in [1.82, 2.24) is 14.9 Å². The molecule has 9 heteroatoms. The third kappa shape index (κ3) is 4.03. The third-order valence-electron chi connectivity index (χ3n) is 3.93. The van der Waals surface area contributed by atoms with Gasteiger partial charge in [0, 0.05) is 49.4 Å². The smallest absolute Gasteiger partial charge is 0.316 e. The van der Waals surface area contributed by atoms with Crippen LogP contribution in [0.1, 0.15) is 23.2 Å². The number of hydrogen-bond acceptors (Lipinski definition) is 6. The van der Waals surface area contributed by atoms with Gasteiger partial charge >= 0.3 is 6.01 Å². The highest BCUT2D eigenvalue weighted by atomic mass is 35.5. The van der Waals surface area contributed by atoms with Crippen LogP contribution >= 0.6 is 11.6 Å². The van der Waals surface area contributed by atoms with E-state index in [9.17, 15) is 14.9 Å². The summed E-state index contributed by atoms with van der Waals surface area (Å²) in [5.74, 6) is -0.399. The molecule has 0 aliphatic carbocycles. The Labute approximate surface area is 148 Å². The van der Waals surface area contributed by atoms with Crippen molar-refractivity contribution in [2.45, 2.75) is 18.9 Å². The lowest BCUT2D eigenvalue weighted by Gasteiger charge is -2.31. The van der Waals surface area contributed by atoms with Crippen LogP contribution in [0, 0.1) is 10.1 Å². The Hall–Kier alpha value is -2.74. The molecule has 1 aromatic carbocycles. The molecule has 8 nitrogen and oxygen atoms in total. The predicted octanol–water partition coefficient (Wildman–Crippen LogP) is 2.72. The van der Waals surface area contributed by atoms with E-state index in [-0.39, 0.29) is 22.4 Å². The lowest BCUT2D eigenvalue weighted by atomic mass is 10.1. The van der Waals surface area contributed by atoms with E-state index in [1.165, 1.54) is 18.2 Å². The molecule has 1 amide bonds. The van der Waals surface area contributed by atoms with Crippen LogP contribution in [-0.4, -0.2) is 44.9 Å². The Bertz CT molecular complexity index is 779. The third-order valence-corrected chi connectivity index (χ3v) is 4.16. The van der Waals surface area contributed by atoms with E-state index in [1.807, 2.05) is 0 Å². The average molecular weight is 363 g/mol. The van der Waals surface area contributed by atoms with Gasteiger partial charge in [-0.15, -0.1) is 0 Å². The van der Waals surface area contributed by atoms with E-state index >= 15 is 0 Å². The molecule has 2 aromatic rings. The lowest BCUT2D eigenvalue weighted by molar-refractivity contribution is -0.385. The number of aromatic nitrogens is 2. The molecule has 0 atom stereocenters. The van der Waals surface area contributed by atoms with Gasteiger partial charge in [-0.25, -0.2) is 9.97 Å². The van der Waals surface area contributed by atoms with Crippen LogP contribution in [0.4, 0.5) is 5.69 Å². The summed E-state index contributed by atoms with van der Waals surface area (Å²) in [7, 11) is 0. The quantitative estimate of drug-likeness (QED) is 0.612. The standard InChI is InChI=1S/C16H15ClN4O4/c17-11-2-3-14(21(23)24)13(10-11)15(22)20-8-4-12(5-9-20)25-16-18-6-1-7-19-16/h1-3,6-7,10,12H,4-5,8-9H2. The molecule has 130 valence electrons. The van der Waals surface area contributed by atoms with Crippen molar-refractivity contribution in [3.63, 3.8) is 0 Å². The molecular weight excluding hydrogens is 348 g/mol. The predicted molar refractivity (Wildman–Crippen MR) is 89.7 cm³/mol. The fourth-order valence-corrected chi connectivity index (χ4v) is 2.85. The zero-order valence-electron chi connectivity index (χ0n) is 13.2. The Balaban J connectivity index is 1.66. The van der Waals surface area contributed by atoms with E-state index < -0.39 is 10.8 Å². The first kappa shape index (κ1) is 17.1. The molecule has 1 aliphatic heterocycles. The molecule has 25 heavy (non-hydrogen) atoms. The Morgan fingerprint density at radius 1 is 1.28 bits per heavy atom. The molecule has 0 radical (unpaired) electrons. The molecule has 1 aromatic heterocycles. The van der Waals surface area contributed by atoms with Crippen LogP contribution in [0.3, 0.4) is 0 Å². The van der Waals surface area contributed by atoms with Gasteiger partial charge in [0.1, 0.15) is 11.7 Å². The molecular formula is C16H15ClN4O4. The summed E-state index contributed by atoms with van der Waals surface area (Å²) in [5, 5.41) is 11.4. The van der Waals surface area contributed by atoms with Gasteiger partial charge in [-0.2, -0.15) is 0 Å². The number of halogens is 1. The highest BCUT2D eigenvalue weighted by Crippen LogP contribution is 2.26. The van der Waals surface area contributed by atoms with Crippen molar-refractivity contribution in [1.29, 1.82) is 0 Å². The summed E-state index contributed by atoms with van der Waals surface area (Å²) < 4.78 is 5.68. The van der Waals surface area contributed by atoms with Crippen LogP contribution in [0.15, 0.2) is 36.7 Å². The van der Waals surface area contributed by atoms with Crippen LogP contribution in [-0.2, 0) is 0 Å². The Morgan fingerprint density at radius 3 is 2.60 bits per heavy atom. The van der Waals surface area contributed by atoms with Crippen LogP contribution in [0.5, 0.6) is 6.01 Å². The zero-order valence-corrected chi connectivity index (χ0v) is 13.9. The van der Waals surface area contributed by atoms with Gasteiger partial charge in [-0.05, 0) is 18.2 Å². The molecule has 0 bridgehead atoms. The van der Waals surface area contributed by atoms with Gasteiger partial charge in [0.15, 0.2) is 0 Å². The number of carbonyl (C=O) groups is 1. The summed E-state index contributed by atoms with van der Waals surface area (Å²) in [4.78, 5) is 32.8. The summed E-state index contributed by atoms with van der Waals surface area (Å²) in [6, 6.07) is 5.99. The first-order valence-electron chi connectivity index (χ1n) is 7.71. The monoisotopic (exact) mass is 362 g/mol. The topological polar surface area (TPSA) is 98.5 Å². The number of carbonyl (C=O) groups excluding carboxylic acids is 1. The van der Waals surface area contributed by atoms with Gasteiger partial charge in [-0.3, -0.25) is 14.9 Å². The molecule has 1 aliphatic rings. The number of piperidine rings is 1. The molecule has 1 saturated heterocycles. The van der Waals surface area contributed by atoms with E-state index in [0.717, 1.165) is 0 Å². The number of nitro groups is 1. The number of likely N-dealkylation sites (tertiary alicyclic amines) is 1. The number of benzene rings is 1. The summed E-state index contributed by atoms with van der Waals surface area (Å²) in [5.41, 5.74) is -0.242. The lowest BCUT2D eigenvalue weighted by Crippen LogP contribution is -2.42. The van der Waals surface area contributed by atoms with E-state index in [2.05, 4.69) is 9.97 Å². The van der Waals surface area contributed by atoms with Crippen molar-refractivity contribution >= 4 is 23.2 Å². The van der Waals surface area contributed by atoms with Gasteiger partial charge in [0.25, 0.3) is 11.6 Å². The van der Waals surface area contributed by atoms with Crippen molar-refractivity contribution < 1.29 is 14.5 Å². The number of nitrogens with zero attached hydrogens (tertiary/aromatic N) is 4. The Kier molecular flexibility index (Phi) is 5.08. The van der Waals surface area contributed by atoms with Crippen LogP contribution in [0.25, 0.3) is 0 Å². The van der Waals surface area contributed by atoms with Crippen molar-refractivity contribution in [3.8, 4) is 6.01 Å². The van der Waals surface area contributed by atoms with E-state index in [4.69, 9.17) is 16.3 Å². The van der Waals surface area contributed by atoms with Gasteiger partial charge in [0.05, 0.1) is 4.92 Å². The normalized spacial score (nSPS) is 15.0. The fourth-order valence-electron chi connectivity index (χ4n) is 2.68. The summed E-state index contributed by atoms with van der Waals surface area (Å²) in [6.45, 7) is 0.861. The Morgan fingerprint density at radius 2 is 1.96 bits per heavy atom. The molecule has 3 rings (SSSR count). The molecule has 0 saturated carbocycles. The molecule has 1 fully saturated rings. The molecule has 0 unspecified atom stereocenters. The largest absolute Gasteiger partial charge is 0.460 e. The maximum absolute atomic E-state index is 12.6. The van der Waals surface area contributed by atoms with Crippen molar-refractivity contribution in [2.24, 2.45) is 0 Å². The van der Waals surface area contributed by atoms with Gasteiger partial charge < -0.3 is 9.64 Å². The minimum Gasteiger partial charge on any atom is -0.460 e. The zero-order chi connectivity index (χ0) is 17.8. The number of hydrogen-bond donors (Lipinski definition) is 0. The van der Waals surface area contributed by atoms with E-state index in [1.54, 1.807) is 23.4 Å². The second kappa shape index (κ2) is 7.43. The van der Waals surface area contributed by atoms with Crippen LogP contribution < -0.4 is 4.74 Å². The minimum atomic E-state index is -0.577. The van der Waals surface area contributed by atoms with Gasteiger partial charge in [-0.1, -0.05) is 11.6 Å². The number of nitro benzene ring substituents is 1. The summed E-state index contributed by atoms with van der Waals surface area (Å²) in [6.07, 6.45) is 4.29. The van der Waals surface area contributed by atoms with Crippen molar-refractivity contribution in [2.75, 3.05) is 13.1 Å². The highest BCUT2D eigenvalue weighted by Gasteiger charge is 2.29. The fraction of sp³-hybridized carbons (Fsp3) is 0.312. The minimum absolute atomic E-state index is 0.00302. The molecule has 0 spiro atoms. The average Bonchev–Trinajstić information content (AvgIpc) is 2.62. The molecule has 2 heterocycles. The summed E-state index contributed by atoms with van der Waals surface area (Å²) >= 11 is 5.89. The molecule has 0 N–H and O–H groups in total. The maximum atomic E-state index is 12.6. The number of ether oxygens (including phenoxy) is 1. The second-order valence-electron chi connectivity index (χ2n) is 5.56. The highest BCUT2D eigenvalue weighted by molar-refractivity contribution is 6.31. The number of amides is 1. The van der Waals surface area contributed by atoms with Crippen molar-refractivity contribution in [3.05, 3.63) is 57.4 Å². The number of rotatable bonds is 4. The first-order chi connectivity index (χ1) is 12.0. The SMILES string of the molecule is O=C(c1cc(Cl)ccc1[N+](=O)[O-])N1CCC(Oc2ncccn2)CC1. The van der Waals surface area contributed by atoms with Crippen LogP contribution in [0.2, 0.25) is 5.02 Å². The second-order valence-corrected chi connectivity index (χ2v) is 6.00.